The van der Waals surface area contributed by atoms with Crippen molar-refractivity contribution < 1.29 is 4.90 Å². The summed E-state index contributed by atoms with van der Waals surface area (Å²) in [5, 5.41) is 2.34. The second-order valence-corrected chi connectivity index (χ2v) is 8.47. The van der Waals surface area contributed by atoms with E-state index < -0.39 is 0 Å². The van der Waals surface area contributed by atoms with Crippen LogP contribution in [-0.2, 0) is 6.54 Å². The normalized spacial score (nSPS) is 19.9. The Labute approximate surface area is 164 Å². The molecule has 0 saturated carbocycles. The molecule has 7 heteroatoms. The number of rotatable bonds is 3. The number of thiazole rings is 1. The van der Waals surface area contributed by atoms with Crippen LogP contribution in [0.25, 0.3) is 21.1 Å². The molecule has 1 aliphatic heterocycles. The predicted molar refractivity (Wildman–Crippen MR) is 109 cm³/mol. The first kappa shape index (κ1) is 16.9. The van der Waals surface area contributed by atoms with Crippen molar-refractivity contribution in [3.05, 3.63) is 68.7 Å². The second kappa shape index (κ2) is 6.71. The quantitative estimate of drug-likeness (QED) is 0.558. The van der Waals surface area contributed by atoms with Gasteiger partial charge in [0.2, 0.25) is 0 Å². The molecular formula is C20H18ClN4OS+. The molecule has 136 valence electrons. The summed E-state index contributed by atoms with van der Waals surface area (Å²) in [5.41, 5.74) is 1.61. The smallest absolute Gasteiger partial charge is 0.258 e. The van der Waals surface area contributed by atoms with E-state index in [-0.39, 0.29) is 5.56 Å². The highest BCUT2D eigenvalue weighted by Gasteiger charge is 2.33. The fraction of sp³-hybridized carbons (Fsp3) is 0.250. The molecule has 1 fully saturated rings. The topological polar surface area (TPSA) is 63.1 Å². The zero-order valence-corrected chi connectivity index (χ0v) is 16.1. The molecule has 0 radical (unpaired) electrons. The standard InChI is InChI=1S/C20H17ClN4OS/c21-12-7-8-13-15(10-12)22-18(24-19(13)26)11-25-9-3-5-16(25)20-23-14-4-1-2-6-17(14)27-20/h1-2,4,6-8,10,16H,3,5,9,11H2,(H,22,24,26)/p+1/t16-/m1/s1. The Kier molecular flexibility index (Phi) is 4.19. The van der Waals surface area contributed by atoms with Gasteiger partial charge in [-0.3, -0.25) is 4.79 Å². The molecule has 2 aromatic carbocycles. The predicted octanol–water partition coefficient (Wildman–Crippen LogP) is 3.11. The van der Waals surface area contributed by atoms with Crippen molar-refractivity contribution in [1.29, 1.82) is 0 Å². The van der Waals surface area contributed by atoms with Crippen molar-refractivity contribution in [3.63, 3.8) is 0 Å². The van der Waals surface area contributed by atoms with Crippen LogP contribution in [0.4, 0.5) is 0 Å². The van der Waals surface area contributed by atoms with E-state index in [0.717, 1.165) is 24.9 Å². The van der Waals surface area contributed by atoms with Crippen LogP contribution in [0, 0.1) is 0 Å². The van der Waals surface area contributed by atoms with Crippen molar-refractivity contribution >= 4 is 44.1 Å². The number of nitrogens with zero attached hydrogens (tertiary/aromatic N) is 2. The van der Waals surface area contributed by atoms with Crippen molar-refractivity contribution in [2.75, 3.05) is 6.54 Å². The molecule has 0 amide bonds. The van der Waals surface area contributed by atoms with Crippen LogP contribution in [0.2, 0.25) is 5.02 Å². The second-order valence-electron chi connectivity index (χ2n) is 6.97. The fourth-order valence-corrected chi connectivity index (χ4v) is 5.25. The van der Waals surface area contributed by atoms with Gasteiger partial charge in [0.05, 0.1) is 27.7 Å². The molecule has 4 aromatic rings. The number of halogens is 1. The van der Waals surface area contributed by atoms with Crippen molar-refractivity contribution in [2.45, 2.75) is 25.4 Å². The van der Waals surface area contributed by atoms with E-state index in [1.165, 1.54) is 14.6 Å². The van der Waals surface area contributed by atoms with Gasteiger partial charge in [-0.1, -0.05) is 23.7 Å². The van der Waals surface area contributed by atoms with Gasteiger partial charge in [0, 0.05) is 17.9 Å². The van der Waals surface area contributed by atoms with Gasteiger partial charge in [-0.25, -0.2) is 9.97 Å². The lowest BCUT2D eigenvalue weighted by Gasteiger charge is -2.19. The van der Waals surface area contributed by atoms with E-state index >= 15 is 0 Å². The summed E-state index contributed by atoms with van der Waals surface area (Å²) in [6.45, 7) is 1.73. The van der Waals surface area contributed by atoms with E-state index in [9.17, 15) is 4.79 Å². The van der Waals surface area contributed by atoms with Crippen molar-refractivity contribution in [2.24, 2.45) is 0 Å². The number of aromatic nitrogens is 3. The number of hydrogen-bond donors (Lipinski definition) is 2. The van der Waals surface area contributed by atoms with Crippen LogP contribution in [0.3, 0.4) is 0 Å². The number of quaternary nitrogens is 1. The van der Waals surface area contributed by atoms with Crippen LogP contribution in [0.1, 0.15) is 29.7 Å². The maximum absolute atomic E-state index is 12.4. The van der Waals surface area contributed by atoms with Crippen LogP contribution in [0.5, 0.6) is 0 Å². The van der Waals surface area contributed by atoms with Crippen LogP contribution in [-0.4, -0.2) is 21.5 Å². The molecule has 2 atom stereocenters. The maximum Gasteiger partial charge on any atom is 0.258 e. The number of nitrogens with one attached hydrogen (secondary N) is 2. The average molecular weight is 398 g/mol. The first-order chi connectivity index (χ1) is 13.2. The third-order valence-electron chi connectivity index (χ3n) is 5.20. The van der Waals surface area contributed by atoms with E-state index in [0.29, 0.717) is 34.3 Å². The van der Waals surface area contributed by atoms with Gasteiger partial charge >= 0.3 is 0 Å². The highest BCUT2D eigenvalue weighted by molar-refractivity contribution is 7.18. The molecular weight excluding hydrogens is 380 g/mol. The van der Waals surface area contributed by atoms with Gasteiger partial charge in [0.15, 0.2) is 10.8 Å². The van der Waals surface area contributed by atoms with Crippen LogP contribution >= 0.6 is 22.9 Å². The number of aromatic amines is 1. The summed E-state index contributed by atoms with van der Waals surface area (Å²) >= 11 is 7.85. The number of para-hydroxylation sites is 1. The van der Waals surface area contributed by atoms with E-state index in [1.807, 2.05) is 6.07 Å². The first-order valence-electron chi connectivity index (χ1n) is 9.06. The van der Waals surface area contributed by atoms with Gasteiger partial charge in [-0.05, 0) is 30.3 Å². The summed E-state index contributed by atoms with van der Waals surface area (Å²) in [6, 6.07) is 13.8. The minimum atomic E-state index is -0.109. The molecule has 1 saturated heterocycles. The van der Waals surface area contributed by atoms with Crippen molar-refractivity contribution in [3.8, 4) is 0 Å². The van der Waals surface area contributed by atoms with Gasteiger partial charge < -0.3 is 9.88 Å². The summed E-state index contributed by atoms with van der Waals surface area (Å²) < 4.78 is 1.23. The van der Waals surface area contributed by atoms with E-state index in [2.05, 4.69) is 28.2 Å². The van der Waals surface area contributed by atoms with Gasteiger partial charge in [0.25, 0.3) is 5.56 Å². The van der Waals surface area contributed by atoms with Crippen LogP contribution in [0.15, 0.2) is 47.3 Å². The highest BCUT2D eigenvalue weighted by atomic mass is 35.5. The minimum Gasteiger partial charge on any atom is -0.320 e. The number of H-pyrrole nitrogens is 1. The number of benzene rings is 2. The SMILES string of the molecule is O=c1[nH]c(C[NH+]2CCC[C@@H]2c2nc3ccccc3s2)nc2cc(Cl)ccc12. The highest BCUT2D eigenvalue weighted by Crippen LogP contribution is 2.28. The Balaban J connectivity index is 1.47. The first-order valence-corrected chi connectivity index (χ1v) is 10.3. The molecule has 27 heavy (non-hydrogen) atoms. The fourth-order valence-electron chi connectivity index (χ4n) is 3.92. The molecule has 0 aliphatic carbocycles. The lowest BCUT2D eigenvalue weighted by molar-refractivity contribution is -0.932. The minimum absolute atomic E-state index is 0.109. The lowest BCUT2D eigenvalue weighted by Crippen LogP contribution is -3.09. The van der Waals surface area contributed by atoms with Gasteiger partial charge in [-0.2, -0.15) is 0 Å². The third kappa shape index (κ3) is 3.14. The number of likely N-dealkylation sites (tertiary alicyclic amines) is 1. The molecule has 1 unspecified atom stereocenters. The molecule has 0 bridgehead atoms. The molecule has 5 rings (SSSR count). The Morgan fingerprint density at radius 1 is 1.19 bits per heavy atom. The molecule has 2 aromatic heterocycles. The number of fused-ring (bicyclic) bond motifs is 2. The largest absolute Gasteiger partial charge is 0.320 e. The maximum atomic E-state index is 12.4. The van der Waals surface area contributed by atoms with Gasteiger partial charge in [-0.15, -0.1) is 11.3 Å². The van der Waals surface area contributed by atoms with E-state index in [4.69, 9.17) is 16.6 Å². The Morgan fingerprint density at radius 2 is 2.07 bits per heavy atom. The summed E-state index contributed by atoms with van der Waals surface area (Å²) in [5.74, 6) is 0.706. The lowest BCUT2D eigenvalue weighted by atomic mass is 10.2. The molecule has 3 heterocycles. The molecule has 1 aliphatic rings. The average Bonchev–Trinajstić information content (AvgIpc) is 3.27. The Hall–Kier alpha value is -2.28. The summed E-state index contributed by atoms with van der Waals surface area (Å²) in [4.78, 5) is 26.3. The monoisotopic (exact) mass is 397 g/mol. The van der Waals surface area contributed by atoms with Gasteiger partial charge in [0.1, 0.15) is 12.6 Å². The van der Waals surface area contributed by atoms with Crippen LogP contribution < -0.4 is 10.5 Å². The summed E-state index contributed by atoms with van der Waals surface area (Å²) in [7, 11) is 0. The van der Waals surface area contributed by atoms with Crippen molar-refractivity contribution in [1.82, 2.24) is 15.0 Å². The zero-order chi connectivity index (χ0) is 18.4. The third-order valence-corrected chi connectivity index (χ3v) is 6.59. The molecule has 2 N–H and O–H groups in total. The number of hydrogen-bond acceptors (Lipinski definition) is 4. The molecule has 0 spiro atoms. The summed E-state index contributed by atoms with van der Waals surface area (Å²) in [6.07, 6.45) is 2.26. The molecule has 5 nitrogen and oxygen atoms in total. The Bertz CT molecular complexity index is 1170. The Morgan fingerprint density at radius 3 is 2.96 bits per heavy atom. The zero-order valence-electron chi connectivity index (χ0n) is 14.5. The van der Waals surface area contributed by atoms with E-state index in [1.54, 1.807) is 29.5 Å².